The van der Waals surface area contributed by atoms with Gasteiger partial charge >= 0.3 is 17.9 Å². The first-order chi connectivity index (χ1) is 11.4. The summed E-state index contributed by atoms with van der Waals surface area (Å²) in [5.41, 5.74) is 0. The summed E-state index contributed by atoms with van der Waals surface area (Å²) >= 11 is 0. The molecule has 24 heavy (non-hydrogen) atoms. The number of carbonyl (C=O) groups is 3. The van der Waals surface area contributed by atoms with Crippen LogP contribution in [-0.4, -0.2) is 65.4 Å². The Morgan fingerprint density at radius 3 is 1.67 bits per heavy atom. The highest BCUT2D eigenvalue weighted by Gasteiger charge is 2.51. The molecule has 9 nitrogen and oxygen atoms in total. The molecule has 1 aliphatic rings. The van der Waals surface area contributed by atoms with Crippen molar-refractivity contribution < 1.29 is 43.5 Å². The Morgan fingerprint density at radius 2 is 1.25 bits per heavy atom. The SMILES string of the molecule is CCC(=O)O[C@H]1[C@H](OC(=O)CC)[C@@H](OC(=O)CC)C(O)O[C@@H]1CO. The predicted octanol–water partition coefficient (Wildman–Crippen LogP) is -0.339. The van der Waals surface area contributed by atoms with Gasteiger partial charge in [-0.05, 0) is 0 Å². The molecule has 0 aromatic carbocycles. The molecule has 5 atom stereocenters. The van der Waals surface area contributed by atoms with Gasteiger partial charge in [-0.25, -0.2) is 0 Å². The standard InChI is InChI=1S/C15H24O9/c1-4-9(17)22-12-8(7-16)21-15(20)14(24-11(19)6-3)13(12)23-10(18)5-2/h8,12-16,20H,4-7H2,1-3H3/t8-,12-,13+,14-,15?/m1/s1. The molecular weight excluding hydrogens is 324 g/mol. The summed E-state index contributed by atoms with van der Waals surface area (Å²) in [7, 11) is 0. The Bertz CT molecular complexity index is 450. The van der Waals surface area contributed by atoms with E-state index in [0.717, 1.165) is 0 Å². The van der Waals surface area contributed by atoms with Crippen LogP contribution in [0.4, 0.5) is 0 Å². The Morgan fingerprint density at radius 1 is 0.833 bits per heavy atom. The van der Waals surface area contributed by atoms with Crippen molar-refractivity contribution in [3.8, 4) is 0 Å². The molecule has 0 radical (unpaired) electrons. The van der Waals surface area contributed by atoms with Gasteiger partial charge in [-0.3, -0.25) is 14.4 Å². The third-order valence-corrected chi connectivity index (χ3v) is 3.46. The first-order valence-electron chi connectivity index (χ1n) is 7.90. The Hall–Kier alpha value is -1.71. The van der Waals surface area contributed by atoms with E-state index in [4.69, 9.17) is 18.9 Å². The molecule has 0 spiro atoms. The van der Waals surface area contributed by atoms with Gasteiger partial charge in [0, 0.05) is 19.3 Å². The van der Waals surface area contributed by atoms with Crippen LogP contribution in [0.3, 0.4) is 0 Å². The van der Waals surface area contributed by atoms with E-state index in [2.05, 4.69) is 0 Å². The minimum absolute atomic E-state index is 0.0279. The number of hydrogen-bond acceptors (Lipinski definition) is 9. The summed E-state index contributed by atoms with van der Waals surface area (Å²) in [6.07, 6.45) is -6.53. The van der Waals surface area contributed by atoms with Gasteiger partial charge in [0.2, 0.25) is 0 Å². The molecule has 1 rings (SSSR count). The molecule has 0 aliphatic carbocycles. The predicted molar refractivity (Wildman–Crippen MR) is 78.5 cm³/mol. The normalized spacial score (nSPS) is 29.6. The molecule has 1 aliphatic heterocycles. The smallest absolute Gasteiger partial charge is 0.306 e. The number of esters is 3. The lowest BCUT2D eigenvalue weighted by atomic mass is 9.98. The van der Waals surface area contributed by atoms with Crippen molar-refractivity contribution in [3.63, 3.8) is 0 Å². The van der Waals surface area contributed by atoms with Crippen molar-refractivity contribution >= 4 is 17.9 Å². The lowest BCUT2D eigenvalue weighted by molar-refractivity contribution is -0.296. The zero-order valence-electron chi connectivity index (χ0n) is 14.0. The van der Waals surface area contributed by atoms with Crippen molar-refractivity contribution in [2.45, 2.75) is 70.7 Å². The van der Waals surface area contributed by atoms with Gasteiger partial charge < -0.3 is 29.2 Å². The van der Waals surface area contributed by atoms with Crippen LogP contribution in [0, 0.1) is 0 Å². The highest BCUT2D eigenvalue weighted by molar-refractivity contribution is 5.71. The van der Waals surface area contributed by atoms with Crippen LogP contribution < -0.4 is 0 Å². The largest absolute Gasteiger partial charge is 0.455 e. The lowest BCUT2D eigenvalue weighted by Gasteiger charge is -2.42. The first-order valence-corrected chi connectivity index (χ1v) is 7.90. The lowest BCUT2D eigenvalue weighted by Crippen LogP contribution is -2.62. The van der Waals surface area contributed by atoms with Gasteiger partial charge in [0.25, 0.3) is 0 Å². The van der Waals surface area contributed by atoms with Crippen LogP contribution >= 0.6 is 0 Å². The third kappa shape index (κ3) is 5.15. The van der Waals surface area contributed by atoms with E-state index in [1.807, 2.05) is 0 Å². The Labute approximate surface area is 139 Å². The second kappa shape index (κ2) is 9.55. The van der Waals surface area contributed by atoms with Crippen LogP contribution in [0.1, 0.15) is 40.0 Å². The summed E-state index contributed by atoms with van der Waals surface area (Å²) in [4.78, 5) is 34.9. The van der Waals surface area contributed by atoms with E-state index in [-0.39, 0.29) is 19.3 Å². The zero-order chi connectivity index (χ0) is 18.3. The quantitative estimate of drug-likeness (QED) is 0.469. The fourth-order valence-electron chi connectivity index (χ4n) is 2.15. The number of rotatable bonds is 7. The Balaban J connectivity index is 3.11. The van der Waals surface area contributed by atoms with Gasteiger partial charge in [0.05, 0.1) is 6.61 Å². The molecule has 1 saturated heterocycles. The maximum atomic E-state index is 11.7. The highest BCUT2D eigenvalue weighted by Crippen LogP contribution is 2.28. The highest BCUT2D eigenvalue weighted by atomic mass is 16.7. The molecule has 0 amide bonds. The number of aliphatic hydroxyl groups is 2. The van der Waals surface area contributed by atoms with Crippen LogP contribution in [0.5, 0.6) is 0 Å². The van der Waals surface area contributed by atoms with E-state index >= 15 is 0 Å². The minimum atomic E-state index is -1.64. The summed E-state index contributed by atoms with van der Waals surface area (Å²) in [6.45, 7) is 4.09. The van der Waals surface area contributed by atoms with E-state index in [9.17, 15) is 24.6 Å². The van der Waals surface area contributed by atoms with Gasteiger partial charge in [0.15, 0.2) is 24.6 Å². The fraction of sp³-hybridized carbons (Fsp3) is 0.800. The van der Waals surface area contributed by atoms with Crippen molar-refractivity contribution in [3.05, 3.63) is 0 Å². The van der Waals surface area contributed by atoms with Crippen molar-refractivity contribution in [2.24, 2.45) is 0 Å². The van der Waals surface area contributed by atoms with Crippen LogP contribution in [0.15, 0.2) is 0 Å². The summed E-state index contributed by atoms with van der Waals surface area (Å²) < 4.78 is 20.6. The number of ether oxygens (including phenoxy) is 4. The topological polar surface area (TPSA) is 129 Å². The molecular formula is C15H24O9. The van der Waals surface area contributed by atoms with Crippen molar-refractivity contribution in [2.75, 3.05) is 6.61 Å². The first kappa shape index (κ1) is 20.3. The van der Waals surface area contributed by atoms with Crippen LogP contribution in [-0.2, 0) is 33.3 Å². The fourth-order valence-corrected chi connectivity index (χ4v) is 2.15. The average molecular weight is 348 g/mol. The summed E-state index contributed by atoms with van der Waals surface area (Å²) in [5, 5.41) is 19.5. The minimum Gasteiger partial charge on any atom is -0.455 e. The average Bonchev–Trinajstić information content (AvgIpc) is 2.58. The van der Waals surface area contributed by atoms with Crippen molar-refractivity contribution in [1.29, 1.82) is 0 Å². The van der Waals surface area contributed by atoms with E-state index < -0.39 is 55.2 Å². The summed E-state index contributed by atoms with van der Waals surface area (Å²) in [5.74, 6) is -1.90. The summed E-state index contributed by atoms with van der Waals surface area (Å²) in [6, 6.07) is 0. The number of carbonyl (C=O) groups excluding carboxylic acids is 3. The number of aliphatic hydroxyl groups excluding tert-OH is 2. The van der Waals surface area contributed by atoms with Crippen LogP contribution in [0.25, 0.3) is 0 Å². The van der Waals surface area contributed by atoms with E-state index in [1.165, 1.54) is 0 Å². The van der Waals surface area contributed by atoms with Gasteiger partial charge in [-0.1, -0.05) is 20.8 Å². The van der Waals surface area contributed by atoms with Gasteiger partial charge in [-0.2, -0.15) is 0 Å². The monoisotopic (exact) mass is 348 g/mol. The van der Waals surface area contributed by atoms with Gasteiger partial charge in [0.1, 0.15) is 6.10 Å². The third-order valence-electron chi connectivity index (χ3n) is 3.46. The van der Waals surface area contributed by atoms with E-state index in [1.54, 1.807) is 20.8 Å². The van der Waals surface area contributed by atoms with E-state index in [0.29, 0.717) is 0 Å². The Kier molecular flexibility index (Phi) is 8.09. The molecule has 138 valence electrons. The molecule has 0 saturated carbocycles. The van der Waals surface area contributed by atoms with Gasteiger partial charge in [-0.15, -0.1) is 0 Å². The maximum absolute atomic E-state index is 11.7. The van der Waals surface area contributed by atoms with Crippen molar-refractivity contribution in [1.82, 2.24) is 0 Å². The second-order valence-electron chi connectivity index (χ2n) is 5.17. The molecule has 1 unspecified atom stereocenters. The molecule has 2 N–H and O–H groups in total. The van der Waals surface area contributed by atoms with Crippen LogP contribution in [0.2, 0.25) is 0 Å². The molecule has 1 heterocycles. The molecule has 0 bridgehead atoms. The zero-order valence-corrected chi connectivity index (χ0v) is 14.0. The molecule has 0 aromatic rings. The second-order valence-corrected chi connectivity index (χ2v) is 5.17. The maximum Gasteiger partial charge on any atom is 0.306 e. The molecule has 1 fully saturated rings. The molecule has 9 heteroatoms. The molecule has 0 aromatic heterocycles. The number of hydrogen-bond donors (Lipinski definition) is 2.